The van der Waals surface area contributed by atoms with Crippen molar-refractivity contribution in [2.24, 2.45) is 5.92 Å². The van der Waals surface area contributed by atoms with Crippen molar-refractivity contribution in [3.05, 3.63) is 18.1 Å². The van der Waals surface area contributed by atoms with Crippen molar-refractivity contribution in [1.82, 2.24) is 9.97 Å². The molecule has 1 aromatic heterocycles. The molecule has 0 saturated heterocycles. The summed E-state index contributed by atoms with van der Waals surface area (Å²) in [6.07, 6.45) is 9.85. The van der Waals surface area contributed by atoms with E-state index in [9.17, 15) is 0 Å². The molecule has 0 aromatic carbocycles. The number of hydrogen-bond donors (Lipinski definition) is 1. The van der Waals surface area contributed by atoms with Crippen LogP contribution in [0, 0.1) is 17.2 Å². The molecule has 0 unspecified atom stereocenters. The zero-order valence-electron chi connectivity index (χ0n) is 9.32. The number of nitriles is 1. The Hall–Kier alpha value is -1.63. The van der Waals surface area contributed by atoms with E-state index in [2.05, 4.69) is 15.3 Å². The van der Waals surface area contributed by atoms with E-state index < -0.39 is 0 Å². The first-order valence-corrected chi connectivity index (χ1v) is 5.84. The molecule has 4 heteroatoms. The molecule has 0 amide bonds. The molecule has 0 spiro atoms. The summed E-state index contributed by atoms with van der Waals surface area (Å²) >= 11 is 0. The van der Waals surface area contributed by atoms with Crippen LogP contribution in [0.5, 0.6) is 0 Å². The molecule has 1 saturated carbocycles. The van der Waals surface area contributed by atoms with Crippen LogP contribution in [0.1, 0.15) is 37.8 Å². The van der Waals surface area contributed by atoms with Crippen LogP contribution in [0.3, 0.4) is 0 Å². The minimum absolute atomic E-state index is 0.364. The Kier molecular flexibility index (Phi) is 3.71. The molecule has 0 atom stereocenters. The molecule has 0 bridgehead atoms. The van der Waals surface area contributed by atoms with Crippen molar-refractivity contribution >= 4 is 5.82 Å². The van der Waals surface area contributed by atoms with Crippen LogP contribution >= 0.6 is 0 Å². The lowest BCUT2D eigenvalue weighted by Crippen LogP contribution is -2.17. The predicted molar refractivity (Wildman–Crippen MR) is 61.8 cm³/mol. The lowest BCUT2D eigenvalue weighted by Gasteiger charge is -2.21. The van der Waals surface area contributed by atoms with Gasteiger partial charge in [-0.25, -0.2) is 9.97 Å². The van der Waals surface area contributed by atoms with E-state index in [-0.39, 0.29) is 0 Å². The second-order valence-electron chi connectivity index (χ2n) is 4.28. The predicted octanol–water partition coefficient (Wildman–Crippen LogP) is 2.34. The number of nitrogens with one attached hydrogen (secondary N) is 1. The highest BCUT2D eigenvalue weighted by Gasteiger charge is 2.12. The van der Waals surface area contributed by atoms with Crippen LogP contribution in [-0.2, 0) is 0 Å². The normalized spacial score (nSPS) is 16.7. The summed E-state index contributed by atoms with van der Waals surface area (Å²) < 4.78 is 0. The smallest absolute Gasteiger partial charge is 0.158 e. The van der Waals surface area contributed by atoms with Gasteiger partial charge in [0.25, 0.3) is 0 Å². The quantitative estimate of drug-likeness (QED) is 0.842. The van der Waals surface area contributed by atoms with Crippen molar-refractivity contribution in [1.29, 1.82) is 5.26 Å². The van der Waals surface area contributed by atoms with Gasteiger partial charge in [0.15, 0.2) is 5.69 Å². The molecule has 1 aliphatic rings. The van der Waals surface area contributed by atoms with Crippen molar-refractivity contribution in [3.8, 4) is 6.07 Å². The maximum Gasteiger partial charge on any atom is 0.158 e. The fourth-order valence-corrected chi connectivity index (χ4v) is 2.12. The molecule has 1 fully saturated rings. The number of aromatic nitrogens is 2. The highest BCUT2D eigenvalue weighted by Crippen LogP contribution is 2.23. The van der Waals surface area contributed by atoms with E-state index in [0.29, 0.717) is 5.69 Å². The molecule has 4 nitrogen and oxygen atoms in total. The van der Waals surface area contributed by atoms with Crippen LogP contribution in [0.4, 0.5) is 5.82 Å². The average Bonchev–Trinajstić information content (AvgIpc) is 2.38. The lowest BCUT2D eigenvalue weighted by atomic mass is 9.89. The third-order valence-corrected chi connectivity index (χ3v) is 3.06. The summed E-state index contributed by atoms with van der Waals surface area (Å²) in [5.41, 5.74) is 0.364. The minimum Gasteiger partial charge on any atom is -0.369 e. The van der Waals surface area contributed by atoms with Crippen LogP contribution in [0.2, 0.25) is 0 Å². The van der Waals surface area contributed by atoms with E-state index in [0.717, 1.165) is 18.3 Å². The first-order chi connectivity index (χ1) is 7.88. The van der Waals surface area contributed by atoms with E-state index in [1.54, 1.807) is 6.20 Å². The first kappa shape index (κ1) is 10.9. The molecule has 84 valence electrons. The summed E-state index contributed by atoms with van der Waals surface area (Å²) in [6.45, 7) is 0.973. The Balaban J connectivity index is 1.82. The van der Waals surface area contributed by atoms with Crippen LogP contribution in [0.15, 0.2) is 12.4 Å². The van der Waals surface area contributed by atoms with Crippen LogP contribution < -0.4 is 5.32 Å². The van der Waals surface area contributed by atoms with E-state index in [4.69, 9.17) is 5.26 Å². The van der Waals surface area contributed by atoms with Gasteiger partial charge in [0.1, 0.15) is 11.9 Å². The first-order valence-electron chi connectivity index (χ1n) is 5.84. The number of nitrogens with zero attached hydrogens (tertiary/aromatic N) is 3. The fourth-order valence-electron chi connectivity index (χ4n) is 2.12. The average molecular weight is 216 g/mol. The van der Waals surface area contributed by atoms with Gasteiger partial charge in [0.2, 0.25) is 0 Å². The summed E-state index contributed by atoms with van der Waals surface area (Å²) in [4.78, 5) is 8.11. The van der Waals surface area contributed by atoms with Crippen molar-refractivity contribution in [3.63, 3.8) is 0 Å². The monoisotopic (exact) mass is 216 g/mol. The summed E-state index contributed by atoms with van der Waals surface area (Å²) in [5.74, 6) is 1.54. The maximum absolute atomic E-state index is 8.59. The molecule has 2 rings (SSSR count). The zero-order valence-corrected chi connectivity index (χ0v) is 9.32. The molecule has 16 heavy (non-hydrogen) atoms. The van der Waals surface area contributed by atoms with Gasteiger partial charge >= 0.3 is 0 Å². The van der Waals surface area contributed by atoms with Gasteiger partial charge in [0, 0.05) is 6.54 Å². The van der Waals surface area contributed by atoms with Gasteiger partial charge in [0.05, 0.1) is 12.4 Å². The highest BCUT2D eigenvalue weighted by molar-refractivity contribution is 5.33. The summed E-state index contributed by atoms with van der Waals surface area (Å²) in [7, 11) is 0. The van der Waals surface area contributed by atoms with Gasteiger partial charge in [-0.1, -0.05) is 19.3 Å². The van der Waals surface area contributed by atoms with Crippen molar-refractivity contribution < 1.29 is 0 Å². The second kappa shape index (κ2) is 5.45. The second-order valence-corrected chi connectivity index (χ2v) is 4.28. The van der Waals surface area contributed by atoms with Crippen LogP contribution in [0.25, 0.3) is 0 Å². The number of rotatable bonds is 3. The third-order valence-electron chi connectivity index (χ3n) is 3.06. The fraction of sp³-hybridized carbons (Fsp3) is 0.583. The Morgan fingerprint density at radius 1 is 1.25 bits per heavy atom. The van der Waals surface area contributed by atoms with Gasteiger partial charge in [-0.15, -0.1) is 0 Å². The number of hydrogen-bond acceptors (Lipinski definition) is 4. The summed E-state index contributed by atoms with van der Waals surface area (Å²) in [5, 5.41) is 11.9. The Morgan fingerprint density at radius 3 is 2.69 bits per heavy atom. The molecule has 1 N–H and O–H groups in total. The largest absolute Gasteiger partial charge is 0.369 e. The Labute approximate surface area is 95.7 Å². The molecule has 1 aromatic rings. The van der Waals surface area contributed by atoms with Gasteiger partial charge in [-0.3, -0.25) is 0 Å². The van der Waals surface area contributed by atoms with E-state index in [1.165, 1.54) is 38.3 Å². The van der Waals surface area contributed by atoms with Crippen molar-refractivity contribution in [2.45, 2.75) is 32.1 Å². The number of anilines is 1. The Bertz CT molecular complexity index is 360. The zero-order chi connectivity index (χ0) is 11.2. The third kappa shape index (κ3) is 2.93. The molecular weight excluding hydrogens is 200 g/mol. The van der Waals surface area contributed by atoms with Crippen molar-refractivity contribution in [2.75, 3.05) is 11.9 Å². The summed E-state index contributed by atoms with van der Waals surface area (Å²) in [6, 6.07) is 1.96. The topological polar surface area (TPSA) is 61.6 Å². The minimum atomic E-state index is 0.364. The molecule has 0 aliphatic heterocycles. The molecule has 1 aliphatic carbocycles. The van der Waals surface area contributed by atoms with Gasteiger partial charge < -0.3 is 5.32 Å². The molecule has 0 radical (unpaired) electrons. The van der Waals surface area contributed by atoms with E-state index >= 15 is 0 Å². The van der Waals surface area contributed by atoms with E-state index in [1.807, 2.05) is 6.07 Å². The Morgan fingerprint density at radius 2 is 2.06 bits per heavy atom. The SMILES string of the molecule is N#Cc1cnc(NCC2CCCCC2)cn1. The molecular formula is C12H16N4. The molecule has 1 heterocycles. The van der Waals surface area contributed by atoms with Crippen LogP contribution in [-0.4, -0.2) is 16.5 Å². The lowest BCUT2D eigenvalue weighted by molar-refractivity contribution is 0.373. The van der Waals surface area contributed by atoms with Gasteiger partial charge in [-0.2, -0.15) is 5.26 Å². The maximum atomic E-state index is 8.59. The highest BCUT2D eigenvalue weighted by atomic mass is 15.0. The standard InChI is InChI=1S/C12H16N4/c13-6-11-8-16-12(9-14-11)15-7-10-4-2-1-3-5-10/h8-10H,1-5,7H2,(H,15,16). The van der Waals surface area contributed by atoms with Gasteiger partial charge in [-0.05, 0) is 18.8 Å².